The third kappa shape index (κ3) is 3.56. The summed E-state index contributed by atoms with van der Waals surface area (Å²) >= 11 is 2.89. The molecule has 1 N–H and O–H groups in total. The highest BCUT2D eigenvalue weighted by atomic mass is 79.9. The second-order valence-corrected chi connectivity index (χ2v) is 4.13. The summed E-state index contributed by atoms with van der Waals surface area (Å²) in [5, 5.41) is 12.7. The molecule has 0 fully saturated rings. The van der Waals surface area contributed by atoms with Gasteiger partial charge >= 0.3 is 12.0 Å². The molecule has 0 atom stereocenters. The lowest BCUT2D eigenvalue weighted by Crippen LogP contribution is -2.19. The van der Waals surface area contributed by atoms with E-state index in [1.165, 1.54) is 6.92 Å². The summed E-state index contributed by atoms with van der Waals surface area (Å²) in [6.07, 6.45) is -5.01. The summed E-state index contributed by atoms with van der Waals surface area (Å²) in [7, 11) is 0. The van der Waals surface area contributed by atoms with Gasteiger partial charge < -0.3 is 10.1 Å². The molecule has 0 radical (unpaired) electrons. The summed E-state index contributed by atoms with van der Waals surface area (Å²) in [5.41, 5.74) is -1.28. The number of nitro benzene ring substituents is 1. The van der Waals surface area contributed by atoms with Crippen LogP contribution >= 0.6 is 15.9 Å². The average Bonchev–Trinajstić information content (AvgIpc) is 2.23. The largest absolute Gasteiger partial charge is 0.573 e. The molecule has 0 aliphatic rings. The SMILES string of the molecule is Cc1c(Br)cc(OC(F)(F)F)c(NC=O)c1[N+](=O)[O-]. The van der Waals surface area contributed by atoms with Gasteiger partial charge in [0.2, 0.25) is 6.41 Å². The number of hydrogen-bond acceptors (Lipinski definition) is 4. The van der Waals surface area contributed by atoms with Crippen molar-refractivity contribution in [1.29, 1.82) is 0 Å². The fraction of sp³-hybridized carbons (Fsp3) is 0.222. The van der Waals surface area contributed by atoms with Crippen molar-refractivity contribution in [2.75, 3.05) is 5.32 Å². The maximum Gasteiger partial charge on any atom is 0.573 e. The number of rotatable bonds is 4. The van der Waals surface area contributed by atoms with E-state index in [-0.39, 0.29) is 16.4 Å². The minimum atomic E-state index is -5.04. The standard InChI is InChI=1S/C9H6BrF3N2O4/c1-4-5(10)2-6(19-9(11,12)13)7(14-3-16)8(4)15(17)18/h2-3H,1H3,(H,14,16). The minimum Gasteiger partial charge on any atom is -0.403 e. The van der Waals surface area contributed by atoms with Gasteiger partial charge in [0.15, 0.2) is 11.4 Å². The molecule has 10 heteroatoms. The fourth-order valence-electron chi connectivity index (χ4n) is 1.34. The predicted octanol–water partition coefficient (Wildman–Crippen LogP) is 3.13. The lowest BCUT2D eigenvalue weighted by molar-refractivity contribution is -0.384. The first kappa shape index (κ1) is 15.2. The van der Waals surface area contributed by atoms with Crippen molar-refractivity contribution in [3.05, 3.63) is 26.2 Å². The lowest BCUT2D eigenvalue weighted by atomic mass is 10.1. The Kier molecular flexibility index (Phi) is 4.35. The maximum atomic E-state index is 12.2. The molecule has 0 spiro atoms. The lowest BCUT2D eigenvalue weighted by Gasteiger charge is -2.14. The smallest absolute Gasteiger partial charge is 0.403 e. The molecule has 0 aliphatic heterocycles. The summed E-state index contributed by atoms with van der Waals surface area (Å²) in [6.45, 7) is 1.32. The first-order valence-electron chi connectivity index (χ1n) is 4.60. The molecule has 0 unspecified atom stereocenters. The van der Waals surface area contributed by atoms with Crippen LogP contribution in [-0.2, 0) is 4.79 Å². The van der Waals surface area contributed by atoms with Gasteiger partial charge in [0.1, 0.15) is 0 Å². The van der Waals surface area contributed by atoms with E-state index in [1.807, 2.05) is 5.32 Å². The van der Waals surface area contributed by atoms with E-state index in [4.69, 9.17) is 0 Å². The van der Waals surface area contributed by atoms with Crippen LogP contribution in [0.15, 0.2) is 10.5 Å². The number of nitro groups is 1. The Labute approximate surface area is 112 Å². The van der Waals surface area contributed by atoms with Crippen LogP contribution in [0.1, 0.15) is 5.56 Å². The molecule has 1 aromatic carbocycles. The van der Waals surface area contributed by atoms with Gasteiger partial charge in [-0.3, -0.25) is 14.9 Å². The summed E-state index contributed by atoms with van der Waals surface area (Å²) in [6, 6.07) is 0.891. The van der Waals surface area contributed by atoms with Crippen molar-refractivity contribution in [1.82, 2.24) is 0 Å². The van der Waals surface area contributed by atoms with Crippen molar-refractivity contribution >= 4 is 33.7 Å². The number of ether oxygens (including phenoxy) is 1. The topological polar surface area (TPSA) is 81.5 Å². The number of hydrogen-bond donors (Lipinski definition) is 1. The number of carbonyl (C=O) groups is 1. The van der Waals surface area contributed by atoms with Crippen molar-refractivity contribution in [2.45, 2.75) is 13.3 Å². The van der Waals surface area contributed by atoms with E-state index in [0.717, 1.165) is 6.07 Å². The van der Waals surface area contributed by atoms with Crippen molar-refractivity contribution in [2.24, 2.45) is 0 Å². The zero-order chi connectivity index (χ0) is 14.8. The normalized spacial score (nSPS) is 11.0. The van der Waals surface area contributed by atoms with Gasteiger partial charge in [-0.25, -0.2) is 0 Å². The second kappa shape index (κ2) is 5.43. The van der Waals surface area contributed by atoms with E-state index in [0.29, 0.717) is 0 Å². The first-order valence-corrected chi connectivity index (χ1v) is 5.40. The quantitative estimate of drug-likeness (QED) is 0.517. The average molecular weight is 343 g/mol. The van der Waals surface area contributed by atoms with E-state index in [9.17, 15) is 28.1 Å². The van der Waals surface area contributed by atoms with E-state index in [1.54, 1.807) is 0 Å². The van der Waals surface area contributed by atoms with Crippen LogP contribution < -0.4 is 10.1 Å². The van der Waals surface area contributed by atoms with Gasteiger partial charge in [0, 0.05) is 10.0 Å². The first-order chi connectivity index (χ1) is 8.67. The fourth-order valence-corrected chi connectivity index (χ4v) is 1.74. The van der Waals surface area contributed by atoms with Gasteiger partial charge in [0.25, 0.3) is 0 Å². The minimum absolute atomic E-state index is 0.0267. The Hall–Kier alpha value is -1.84. The Bertz CT molecular complexity index is 533. The van der Waals surface area contributed by atoms with E-state index < -0.39 is 28.4 Å². The molecule has 104 valence electrons. The molecular weight excluding hydrogens is 337 g/mol. The van der Waals surface area contributed by atoms with Gasteiger partial charge in [-0.1, -0.05) is 15.9 Å². The molecule has 1 aromatic rings. The molecule has 0 aromatic heterocycles. The molecule has 1 rings (SSSR count). The van der Waals surface area contributed by atoms with Crippen LogP contribution in [0.5, 0.6) is 5.75 Å². The molecule has 6 nitrogen and oxygen atoms in total. The molecule has 0 bridgehead atoms. The van der Waals surface area contributed by atoms with Crippen LogP contribution in [0.25, 0.3) is 0 Å². The Morgan fingerprint density at radius 1 is 1.53 bits per heavy atom. The predicted molar refractivity (Wildman–Crippen MR) is 61.9 cm³/mol. The number of alkyl halides is 3. The van der Waals surface area contributed by atoms with Gasteiger partial charge in [-0.2, -0.15) is 0 Å². The van der Waals surface area contributed by atoms with Crippen LogP contribution in [0.3, 0.4) is 0 Å². The third-order valence-corrected chi connectivity index (χ3v) is 2.89. The van der Waals surface area contributed by atoms with Gasteiger partial charge in [0.05, 0.1) is 4.92 Å². The molecule has 19 heavy (non-hydrogen) atoms. The van der Waals surface area contributed by atoms with Crippen LogP contribution in [-0.4, -0.2) is 17.7 Å². The number of nitrogens with zero attached hydrogens (tertiary/aromatic N) is 1. The second-order valence-electron chi connectivity index (χ2n) is 3.27. The van der Waals surface area contributed by atoms with Gasteiger partial charge in [-0.15, -0.1) is 13.2 Å². The van der Waals surface area contributed by atoms with E-state index in [2.05, 4.69) is 20.7 Å². The van der Waals surface area contributed by atoms with Crippen LogP contribution in [0, 0.1) is 17.0 Å². The highest BCUT2D eigenvalue weighted by Crippen LogP contribution is 2.42. The van der Waals surface area contributed by atoms with Crippen LogP contribution in [0.4, 0.5) is 24.5 Å². The molecule has 0 saturated carbocycles. The highest BCUT2D eigenvalue weighted by Gasteiger charge is 2.35. The third-order valence-electron chi connectivity index (χ3n) is 2.07. The molecule has 0 saturated heterocycles. The van der Waals surface area contributed by atoms with E-state index >= 15 is 0 Å². The number of benzene rings is 1. The molecule has 1 amide bonds. The summed E-state index contributed by atoms with van der Waals surface area (Å²) in [4.78, 5) is 20.4. The monoisotopic (exact) mass is 342 g/mol. The zero-order valence-electron chi connectivity index (χ0n) is 9.25. The number of carbonyl (C=O) groups excluding carboxylic acids is 1. The van der Waals surface area contributed by atoms with Gasteiger partial charge in [-0.05, 0) is 13.0 Å². The molecular formula is C9H6BrF3N2O4. The number of nitrogens with one attached hydrogen (secondary N) is 1. The Morgan fingerprint density at radius 2 is 2.11 bits per heavy atom. The summed E-state index contributed by atoms with van der Waals surface area (Å²) in [5.74, 6) is -0.872. The van der Waals surface area contributed by atoms with Crippen molar-refractivity contribution in [3.8, 4) is 5.75 Å². The van der Waals surface area contributed by atoms with Crippen LogP contribution in [0.2, 0.25) is 0 Å². The van der Waals surface area contributed by atoms with Crippen molar-refractivity contribution < 1.29 is 27.6 Å². The Morgan fingerprint density at radius 3 is 2.53 bits per heavy atom. The summed E-state index contributed by atoms with van der Waals surface area (Å²) < 4.78 is 40.3. The number of amides is 1. The molecule has 0 aliphatic carbocycles. The number of halogens is 4. The Balaban J connectivity index is 3.53. The maximum absolute atomic E-state index is 12.2. The highest BCUT2D eigenvalue weighted by molar-refractivity contribution is 9.10. The molecule has 0 heterocycles. The zero-order valence-corrected chi connectivity index (χ0v) is 10.8. The van der Waals surface area contributed by atoms with Crippen molar-refractivity contribution in [3.63, 3.8) is 0 Å². The number of anilines is 1.